The lowest BCUT2D eigenvalue weighted by Crippen LogP contribution is -2.50. The molecule has 2 aromatic heterocycles. The Kier molecular flexibility index (Phi) is 5.67. The first-order valence-corrected chi connectivity index (χ1v) is 11.9. The van der Waals surface area contributed by atoms with Gasteiger partial charge in [-0.25, -0.2) is 8.42 Å². The van der Waals surface area contributed by atoms with Crippen LogP contribution in [-0.2, 0) is 21.2 Å². The Morgan fingerprint density at radius 2 is 1.93 bits per heavy atom. The fourth-order valence-corrected chi connectivity index (χ4v) is 5.91. The van der Waals surface area contributed by atoms with Crippen LogP contribution in [0.15, 0.2) is 52.9 Å². The van der Waals surface area contributed by atoms with E-state index in [9.17, 15) is 13.2 Å². The van der Waals surface area contributed by atoms with Gasteiger partial charge in [-0.3, -0.25) is 9.78 Å². The molecule has 4 rings (SSSR count). The van der Waals surface area contributed by atoms with E-state index in [1.807, 2.05) is 36.6 Å². The summed E-state index contributed by atoms with van der Waals surface area (Å²) in [4.78, 5) is 20.0. The van der Waals surface area contributed by atoms with Gasteiger partial charge in [-0.05, 0) is 42.5 Å². The minimum atomic E-state index is -3.66. The normalized spacial score (nSPS) is 15.7. The van der Waals surface area contributed by atoms with E-state index in [1.165, 1.54) is 9.18 Å². The topological polar surface area (TPSA) is 70.6 Å². The lowest BCUT2D eigenvalue weighted by atomic mass is 10.2. The van der Waals surface area contributed by atoms with E-state index in [2.05, 4.69) is 4.98 Å². The molecule has 0 aliphatic carbocycles. The predicted octanol–water partition coefficient (Wildman–Crippen LogP) is 3.07. The van der Waals surface area contributed by atoms with Crippen LogP contribution < -0.4 is 0 Å². The molecule has 1 aliphatic rings. The number of carbonyl (C=O) groups is 1. The van der Waals surface area contributed by atoms with Gasteiger partial charge in [0.15, 0.2) is 0 Å². The monoisotopic (exact) mass is 429 g/mol. The maximum atomic E-state index is 13.2. The van der Waals surface area contributed by atoms with Crippen molar-refractivity contribution < 1.29 is 13.2 Å². The number of hydrogen-bond donors (Lipinski definition) is 0. The van der Waals surface area contributed by atoms with Gasteiger partial charge >= 0.3 is 0 Å². The van der Waals surface area contributed by atoms with Crippen molar-refractivity contribution >= 4 is 38.2 Å². The molecule has 1 aromatic carbocycles. The molecule has 1 amide bonds. The summed E-state index contributed by atoms with van der Waals surface area (Å²) in [6.07, 6.45) is 2.88. The van der Waals surface area contributed by atoms with E-state index >= 15 is 0 Å². The average Bonchev–Trinajstić information content (AvgIpc) is 3.25. The van der Waals surface area contributed by atoms with Gasteiger partial charge in [-0.15, -0.1) is 11.3 Å². The fourth-order valence-electron chi connectivity index (χ4n) is 3.61. The number of amides is 1. The molecule has 3 heterocycles. The van der Waals surface area contributed by atoms with Gasteiger partial charge in [-0.1, -0.05) is 18.2 Å². The molecular formula is C21H23N3O3S2. The molecule has 3 aromatic rings. The number of nitrogens with zero attached hydrogens (tertiary/aromatic N) is 3. The molecule has 0 saturated carbocycles. The summed E-state index contributed by atoms with van der Waals surface area (Å²) in [5.41, 5.74) is 1.48. The lowest BCUT2D eigenvalue weighted by molar-refractivity contribution is -0.132. The molecule has 8 heteroatoms. The van der Waals surface area contributed by atoms with Crippen LogP contribution in [0.5, 0.6) is 0 Å². The Hall–Kier alpha value is -2.29. The summed E-state index contributed by atoms with van der Waals surface area (Å²) in [5, 5.41) is 2.82. The van der Waals surface area contributed by atoms with Crippen LogP contribution in [0.2, 0.25) is 0 Å². The molecule has 0 unspecified atom stereocenters. The van der Waals surface area contributed by atoms with Crippen LogP contribution in [0.1, 0.15) is 16.9 Å². The highest BCUT2D eigenvalue weighted by atomic mass is 32.2. The van der Waals surface area contributed by atoms with Crippen LogP contribution in [-0.4, -0.2) is 54.7 Å². The predicted molar refractivity (Wildman–Crippen MR) is 114 cm³/mol. The summed E-state index contributed by atoms with van der Waals surface area (Å²) >= 11 is 1.65. The molecule has 1 fully saturated rings. The third-order valence-electron chi connectivity index (χ3n) is 5.19. The largest absolute Gasteiger partial charge is 0.340 e. The highest BCUT2D eigenvalue weighted by Gasteiger charge is 2.31. The first-order valence-electron chi connectivity index (χ1n) is 9.61. The van der Waals surface area contributed by atoms with Gasteiger partial charge in [0.2, 0.25) is 15.9 Å². The minimum absolute atomic E-state index is 0.0813. The number of aryl methyl sites for hydroxylation is 2. The van der Waals surface area contributed by atoms with E-state index in [4.69, 9.17) is 0 Å². The zero-order valence-electron chi connectivity index (χ0n) is 16.2. The Morgan fingerprint density at radius 3 is 2.66 bits per heavy atom. The molecule has 6 nitrogen and oxygen atoms in total. The van der Waals surface area contributed by atoms with Crippen molar-refractivity contribution in [1.82, 2.24) is 14.2 Å². The minimum Gasteiger partial charge on any atom is -0.340 e. The maximum Gasteiger partial charge on any atom is 0.245 e. The number of rotatable bonds is 5. The Balaban J connectivity index is 1.44. The lowest BCUT2D eigenvalue weighted by Gasteiger charge is -2.34. The fraction of sp³-hybridized carbons (Fsp3) is 0.333. The number of carbonyl (C=O) groups excluding carboxylic acids is 1. The molecule has 1 saturated heterocycles. The molecule has 152 valence electrons. The van der Waals surface area contributed by atoms with Crippen molar-refractivity contribution in [3.63, 3.8) is 0 Å². The second-order valence-corrected chi connectivity index (χ2v) is 10.1. The van der Waals surface area contributed by atoms with Crippen molar-refractivity contribution in [2.75, 3.05) is 26.2 Å². The molecule has 0 atom stereocenters. The number of fused-ring (bicyclic) bond motifs is 1. The maximum absolute atomic E-state index is 13.2. The molecule has 0 radical (unpaired) electrons. The van der Waals surface area contributed by atoms with Gasteiger partial charge < -0.3 is 4.90 Å². The number of sulfonamides is 1. The Labute approximate surface area is 174 Å². The standard InChI is InChI=1S/C21H23N3O3S2/c1-16-14-17-4-2-6-19(21(17)22-15-16)29(26,27)24-11-9-23(10-12-24)20(25)8-7-18-5-3-13-28-18/h2-6,13-15H,7-12H2,1H3. The summed E-state index contributed by atoms with van der Waals surface area (Å²) in [6.45, 7) is 3.37. The van der Waals surface area contributed by atoms with Crippen LogP contribution in [0.4, 0.5) is 0 Å². The van der Waals surface area contributed by atoms with Crippen molar-refractivity contribution in [2.24, 2.45) is 0 Å². The van der Waals surface area contributed by atoms with Crippen molar-refractivity contribution in [3.05, 3.63) is 58.4 Å². The molecule has 29 heavy (non-hydrogen) atoms. The van der Waals surface area contributed by atoms with Gasteiger partial charge in [0, 0.05) is 49.1 Å². The SMILES string of the molecule is Cc1cnc2c(S(=O)(=O)N3CCN(C(=O)CCc4cccs4)CC3)cccc2c1. The van der Waals surface area contributed by atoms with E-state index in [-0.39, 0.29) is 10.8 Å². The highest BCUT2D eigenvalue weighted by molar-refractivity contribution is 7.89. The first-order chi connectivity index (χ1) is 13.9. The molecule has 0 bridgehead atoms. The third kappa shape index (κ3) is 4.19. The summed E-state index contributed by atoms with van der Waals surface area (Å²) in [5.74, 6) is 0.0813. The van der Waals surface area contributed by atoms with Crippen LogP contribution >= 0.6 is 11.3 Å². The van der Waals surface area contributed by atoms with Crippen LogP contribution in [0.25, 0.3) is 10.9 Å². The molecule has 0 spiro atoms. The number of thiophene rings is 1. The number of para-hydroxylation sites is 1. The molecule has 1 aliphatic heterocycles. The average molecular weight is 430 g/mol. The zero-order valence-corrected chi connectivity index (χ0v) is 17.9. The van der Waals surface area contributed by atoms with E-state index in [1.54, 1.807) is 34.6 Å². The second kappa shape index (κ2) is 8.22. The Morgan fingerprint density at radius 1 is 1.14 bits per heavy atom. The zero-order chi connectivity index (χ0) is 20.4. The van der Waals surface area contributed by atoms with Crippen molar-refractivity contribution in [1.29, 1.82) is 0 Å². The van der Waals surface area contributed by atoms with Crippen LogP contribution in [0, 0.1) is 6.92 Å². The van der Waals surface area contributed by atoms with Crippen LogP contribution in [0.3, 0.4) is 0 Å². The molecular weight excluding hydrogens is 406 g/mol. The Bertz CT molecular complexity index is 1120. The quantitative estimate of drug-likeness (QED) is 0.625. The van der Waals surface area contributed by atoms with Gasteiger partial charge in [0.1, 0.15) is 4.90 Å². The number of hydrogen-bond acceptors (Lipinski definition) is 5. The van der Waals surface area contributed by atoms with Gasteiger partial charge in [0.05, 0.1) is 5.52 Å². The van der Waals surface area contributed by atoms with E-state index < -0.39 is 10.0 Å². The second-order valence-electron chi connectivity index (χ2n) is 7.20. The van der Waals surface area contributed by atoms with E-state index in [0.717, 1.165) is 17.4 Å². The summed E-state index contributed by atoms with van der Waals surface area (Å²) in [6, 6.07) is 11.2. The smallest absolute Gasteiger partial charge is 0.245 e. The highest BCUT2D eigenvalue weighted by Crippen LogP contribution is 2.25. The van der Waals surface area contributed by atoms with Crippen molar-refractivity contribution in [2.45, 2.75) is 24.7 Å². The third-order valence-corrected chi connectivity index (χ3v) is 8.05. The van der Waals surface area contributed by atoms with Crippen molar-refractivity contribution in [3.8, 4) is 0 Å². The van der Waals surface area contributed by atoms with Gasteiger partial charge in [-0.2, -0.15) is 4.31 Å². The first kappa shape index (κ1) is 20.0. The number of benzene rings is 1. The number of pyridine rings is 1. The number of aromatic nitrogens is 1. The van der Waals surface area contributed by atoms with Gasteiger partial charge in [0.25, 0.3) is 0 Å². The number of piperazine rings is 1. The van der Waals surface area contributed by atoms with E-state index in [0.29, 0.717) is 38.1 Å². The summed E-state index contributed by atoms with van der Waals surface area (Å²) in [7, 11) is -3.66. The molecule has 0 N–H and O–H groups in total. The summed E-state index contributed by atoms with van der Waals surface area (Å²) < 4.78 is 27.9.